The van der Waals surface area contributed by atoms with Gasteiger partial charge in [0.05, 0.1) is 10.5 Å². The monoisotopic (exact) mass is 292 g/mol. The van der Waals surface area contributed by atoms with Gasteiger partial charge in [-0.3, -0.25) is 14.9 Å². The van der Waals surface area contributed by atoms with Crippen LogP contribution in [-0.4, -0.2) is 10.8 Å². The summed E-state index contributed by atoms with van der Waals surface area (Å²) in [5.74, 6) is -2.30. The van der Waals surface area contributed by atoms with E-state index in [-0.39, 0.29) is 11.3 Å². The van der Waals surface area contributed by atoms with Crippen LogP contribution >= 0.6 is 0 Å². The van der Waals surface area contributed by atoms with Crippen LogP contribution in [0.1, 0.15) is 15.9 Å². The van der Waals surface area contributed by atoms with Gasteiger partial charge in [-0.2, -0.15) is 0 Å². The molecule has 1 amide bonds. The lowest BCUT2D eigenvalue weighted by atomic mass is 10.1. The average molecular weight is 292 g/mol. The van der Waals surface area contributed by atoms with Gasteiger partial charge in [0.2, 0.25) is 0 Å². The van der Waals surface area contributed by atoms with Crippen LogP contribution in [0.3, 0.4) is 0 Å². The Labute approximate surface area is 118 Å². The fraction of sp³-hybridized carbons (Fsp3) is 0.0714. The molecule has 0 aliphatic rings. The molecule has 0 heterocycles. The van der Waals surface area contributed by atoms with Crippen molar-refractivity contribution in [2.75, 3.05) is 5.32 Å². The van der Waals surface area contributed by atoms with Gasteiger partial charge in [-0.1, -0.05) is 6.07 Å². The molecule has 5 nitrogen and oxygen atoms in total. The van der Waals surface area contributed by atoms with E-state index in [0.717, 1.165) is 18.2 Å². The number of hydrogen-bond acceptors (Lipinski definition) is 3. The Morgan fingerprint density at radius 3 is 2.57 bits per heavy atom. The van der Waals surface area contributed by atoms with Gasteiger partial charge in [-0.15, -0.1) is 0 Å². The predicted molar refractivity (Wildman–Crippen MR) is 72.1 cm³/mol. The highest BCUT2D eigenvalue weighted by molar-refractivity contribution is 6.05. The average Bonchev–Trinajstić information content (AvgIpc) is 2.41. The molecule has 0 bridgehead atoms. The largest absolute Gasteiger partial charge is 0.322 e. The van der Waals surface area contributed by atoms with E-state index in [4.69, 9.17) is 0 Å². The Bertz CT molecular complexity index is 732. The molecule has 0 saturated carbocycles. The third kappa shape index (κ3) is 3.19. The molecular weight excluding hydrogens is 282 g/mol. The van der Waals surface area contributed by atoms with Crippen LogP contribution in [-0.2, 0) is 0 Å². The first-order chi connectivity index (χ1) is 9.88. The molecule has 2 rings (SSSR count). The zero-order chi connectivity index (χ0) is 15.6. The molecule has 0 aliphatic heterocycles. The number of halogens is 2. The number of carbonyl (C=O) groups excluding carboxylic acids is 1. The van der Waals surface area contributed by atoms with E-state index >= 15 is 0 Å². The standard InChI is InChI=1S/C14H10F2N2O3/c1-8-5-11(18(20)21)7-12(13(8)16)14(19)17-10-4-2-3-9(15)6-10/h2-7H,1H3,(H,17,19). The van der Waals surface area contributed by atoms with E-state index in [1.165, 1.54) is 25.1 Å². The number of nitrogens with zero attached hydrogens (tertiary/aromatic N) is 1. The maximum Gasteiger partial charge on any atom is 0.270 e. The second-order valence-electron chi connectivity index (χ2n) is 4.35. The SMILES string of the molecule is Cc1cc([N+](=O)[O-])cc(C(=O)Nc2cccc(F)c2)c1F. The zero-order valence-electron chi connectivity index (χ0n) is 10.9. The van der Waals surface area contributed by atoms with Crippen LogP contribution in [0.4, 0.5) is 20.2 Å². The molecule has 0 aromatic heterocycles. The fourth-order valence-corrected chi connectivity index (χ4v) is 1.79. The summed E-state index contributed by atoms with van der Waals surface area (Å²) in [6.07, 6.45) is 0. The number of carbonyl (C=O) groups is 1. The Morgan fingerprint density at radius 2 is 1.95 bits per heavy atom. The summed E-state index contributed by atoms with van der Waals surface area (Å²) in [7, 11) is 0. The van der Waals surface area contributed by atoms with Crippen molar-refractivity contribution in [2.45, 2.75) is 6.92 Å². The molecule has 0 unspecified atom stereocenters. The highest BCUT2D eigenvalue weighted by atomic mass is 19.1. The molecule has 2 aromatic carbocycles. The fourth-order valence-electron chi connectivity index (χ4n) is 1.79. The lowest BCUT2D eigenvalue weighted by molar-refractivity contribution is -0.385. The minimum Gasteiger partial charge on any atom is -0.322 e. The number of aryl methyl sites for hydroxylation is 1. The maximum atomic E-state index is 13.9. The highest BCUT2D eigenvalue weighted by Gasteiger charge is 2.19. The van der Waals surface area contributed by atoms with Crippen molar-refractivity contribution in [1.29, 1.82) is 0 Å². The third-order valence-electron chi connectivity index (χ3n) is 2.78. The number of hydrogen-bond donors (Lipinski definition) is 1. The molecule has 0 fully saturated rings. The quantitative estimate of drug-likeness (QED) is 0.695. The summed E-state index contributed by atoms with van der Waals surface area (Å²) in [4.78, 5) is 22.0. The number of nitrogens with one attached hydrogen (secondary N) is 1. The van der Waals surface area contributed by atoms with Crippen LogP contribution in [0.2, 0.25) is 0 Å². The first-order valence-corrected chi connectivity index (χ1v) is 5.90. The summed E-state index contributed by atoms with van der Waals surface area (Å²) in [5.41, 5.74) is -0.749. The first kappa shape index (κ1) is 14.6. The van der Waals surface area contributed by atoms with E-state index < -0.39 is 33.7 Å². The normalized spacial score (nSPS) is 10.2. The summed E-state index contributed by atoms with van der Waals surface area (Å²) in [5, 5.41) is 13.0. The van der Waals surface area contributed by atoms with E-state index in [1.807, 2.05) is 0 Å². The summed E-state index contributed by atoms with van der Waals surface area (Å²) in [6, 6.07) is 6.92. The van der Waals surface area contributed by atoms with Crippen molar-refractivity contribution in [3.8, 4) is 0 Å². The van der Waals surface area contributed by atoms with Gasteiger partial charge in [0.1, 0.15) is 11.6 Å². The zero-order valence-corrected chi connectivity index (χ0v) is 10.9. The van der Waals surface area contributed by atoms with E-state index in [1.54, 1.807) is 0 Å². The molecule has 0 aliphatic carbocycles. The van der Waals surface area contributed by atoms with Crippen molar-refractivity contribution in [1.82, 2.24) is 0 Å². The number of amides is 1. The number of nitro benzene ring substituents is 1. The second kappa shape index (κ2) is 5.66. The molecule has 0 spiro atoms. The van der Waals surface area contributed by atoms with Crippen LogP contribution in [0.5, 0.6) is 0 Å². The number of rotatable bonds is 3. The van der Waals surface area contributed by atoms with Crippen LogP contribution in [0, 0.1) is 28.7 Å². The molecule has 0 atom stereocenters. The highest BCUT2D eigenvalue weighted by Crippen LogP contribution is 2.22. The first-order valence-electron chi connectivity index (χ1n) is 5.90. The smallest absolute Gasteiger partial charge is 0.270 e. The molecule has 2 aromatic rings. The lowest BCUT2D eigenvalue weighted by Crippen LogP contribution is -2.15. The van der Waals surface area contributed by atoms with Crippen molar-refractivity contribution in [3.63, 3.8) is 0 Å². The minimum absolute atomic E-state index is 0.0198. The van der Waals surface area contributed by atoms with Gasteiger partial charge in [0.25, 0.3) is 11.6 Å². The van der Waals surface area contributed by atoms with Gasteiger partial charge in [-0.05, 0) is 30.7 Å². The molecule has 21 heavy (non-hydrogen) atoms. The topological polar surface area (TPSA) is 72.2 Å². The molecule has 1 N–H and O–H groups in total. The Kier molecular flexibility index (Phi) is 3.93. The van der Waals surface area contributed by atoms with Crippen molar-refractivity contribution >= 4 is 17.3 Å². The number of benzene rings is 2. The number of non-ortho nitro benzene ring substituents is 1. The van der Waals surface area contributed by atoms with Crippen molar-refractivity contribution < 1.29 is 18.5 Å². The lowest BCUT2D eigenvalue weighted by Gasteiger charge is -2.08. The Hall–Kier alpha value is -2.83. The van der Waals surface area contributed by atoms with Crippen LogP contribution in [0.25, 0.3) is 0 Å². The molecule has 0 saturated heterocycles. The van der Waals surface area contributed by atoms with Crippen LogP contribution < -0.4 is 5.32 Å². The summed E-state index contributed by atoms with van der Waals surface area (Å²) < 4.78 is 26.9. The van der Waals surface area contributed by atoms with E-state index in [2.05, 4.69) is 5.32 Å². The van der Waals surface area contributed by atoms with E-state index in [0.29, 0.717) is 0 Å². The minimum atomic E-state index is -0.884. The molecule has 0 radical (unpaired) electrons. The maximum absolute atomic E-state index is 13.9. The van der Waals surface area contributed by atoms with Gasteiger partial charge >= 0.3 is 0 Å². The number of nitro groups is 1. The molecule has 108 valence electrons. The second-order valence-corrected chi connectivity index (χ2v) is 4.35. The predicted octanol–water partition coefficient (Wildman–Crippen LogP) is 3.43. The van der Waals surface area contributed by atoms with E-state index in [9.17, 15) is 23.7 Å². The van der Waals surface area contributed by atoms with Crippen LogP contribution in [0.15, 0.2) is 36.4 Å². The molecular formula is C14H10F2N2O3. The van der Waals surface area contributed by atoms with Crippen molar-refractivity contribution in [3.05, 3.63) is 69.3 Å². The number of anilines is 1. The van der Waals surface area contributed by atoms with Gasteiger partial charge in [0, 0.05) is 17.8 Å². The Morgan fingerprint density at radius 1 is 1.24 bits per heavy atom. The molecule has 7 heteroatoms. The van der Waals surface area contributed by atoms with Crippen molar-refractivity contribution in [2.24, 2.45) is 0 Å². The van der Waals surface area contributed by atoms with Gasteiger partial charge < -0.3 is 5.32 Å². The Balaban J connectivity index is 2.37. The van der Waals surface area contributed by atoms with Gasteiger partial charge in [0.15, 0.2) is 0 Å². The van der Waals surface area contributed by atoms with Gasteiger partial charge in [-0.25, -0.2) is 8.78 Å². The third-order valence-corrected chi connectivity index (χ3v) is 2.78. The summed E-state index contributed by atoms with van der Waals surface area (Å²) in [6.45, 7) is 1.32. The summed E-state index contributed by atoms with van der Waals surface area (Å²) >= 11 is 0.